The molecule has 1 aliphatic rings. The molecular formula is C37H69NO8. The van der Waals surface area contributed by atoms with Crippen LogP contribution in [0.3, 0.4) is 0 Å². The van der Waals surface area contributed by atoms with Gasteiger partial charge < -0.3 is 24.1 Å². The fourth-order valence-electron chi connectivity index (χ4n) is 5.88. The van der Waals surface area contributed by atoms with Crippen molar-refractivity contribution in [2.24, 2.45) is 0 Å². The van der Waals surface area contributed by atoms with Crippen LogP contribution in [0, 0.1) is 0 Å². The summed E-state index contributed by atoms with van der Waals surface area (Å²) < 4.78 is 22.2. The van der Waals surface area contributed by atoms with Crippen molar-refractivity contribution in [2.45, 2.75) is 193 Å². The zero-order valence-corrected chi connectivity index (χ0v) is 29.9. The number of esters is 3. The van der Waals surface area contributed by atoms with Crippen LogP contribution in [0.5, 0.6) is 0 Å². The minimum atomic E-state index is -1.47. The van der Waals surface area contributed by atoms with E-state index in [-0.39, 0.29) is 26.0 Å². The number of aliphatic hydroxyl groups is 1. The average molecular weight is 656 g/mol. The van der Waals surface area contributed by atoms with Gasteiger partial charge in [0.2, 0.25) is 0 Å². The van der Waals surface area contributed by atoms with Gasteiger partial charge >= 0.3 is 17.9 Å². The number of rotatable bonds is 30. The molecule has 0 aromatic heterocycles. The largest absolute Gasteiger partial charge is 0.462 e. The highest BCUT2D eigenvalue weighted by molar-refractivity contribution is 5.72. The van der Waals surface area contributed by atoms with E-state index in [4.69, 9.17) is 18.9 Å². The number of ether oxygens (including phenoxy) is 4. The van der Waals surface area contributed by atoms with E-state index >= 15 is 0 Å². The molecular weight excluding hydrogens is 586 g/mol. The summed E-state index contributed by atoms with van der Waals surface area (Å²) in [6.07, 6.45) is 21.8. The molecule has 9 heteroatoms. The number of hydrogen-bond acceptors (Lipinski definition) is 9. The van der Waals surface area contributed by atoms with E-state index in [9.17, 15) is 19.5 Å². The molecule has 1 rings (SSSR count). The van der Waals surface area contributed by atoms with Crippen molar-refractivity contribution in [3.8, 4) is 0 Å². The standard InChI is InChI=1S/C37H69NO8/c1-5-7-9-11-13-15-17-19-21-23-25-27-32(39)45-35-31(30-43-34(41)29-38(3)4)44-37(42)36(35)46-33(40)28-26-24-22-20-18-16-14-12-10-8-6-2/h31,35-37,42H,5-30H2,1-4H3/t31-,35+,36+,37-/m1/s1. The molecule has 1 aliphatic heterocycles. The first-order valence-corrected chi connectivity index (χ1v) is 18.8. The fraction of sp³-hybridized carbons (Fsp3) is 0.919. The van der Waals surface area contributed by atoms with Crippen LogP contribution in [0.25, 0.3) is 0 Å². The first kappa shape index (κ1) is 42.3. The molecule has 4 atom stereocenters. The maximum atomic E-state index is 12.8. The molecule has 1 saturated heterocycles. The zero-order chi connectivity index (χ0) is 33.8. The van der Waals surface area contributed by atoms with Crippen molar-refractivity contribution in [2.75, 3.05) is 27.2 Å². The molecule has 0 amide bonds. The Morgan fingerprint density at radius 3 is 1.33 bits per heavy atom. The third kappa shape index (κ3) is 22.0. The number of aliphatic hydroxyl groups excluding tert-OH is 1. The number of nitrogens with zero attached hydrogens (tertiary/aromatic N) is 1. The third-order valence-electron chi connectivity index (χ3n) is 8.64. The van der Waals surface area contributed by atoms with Crippen LogP contribution in [0.1, 0.15) is 168 Å². The number of hydrogen-bond donors (Lipinski definition) is 1. The van der Waals surface area contributed by atoms with Crippen molar-refractivity contribution in [1.82, 2.24) is 4.90 Å². The van der Waals surface area contributed by atoms with Gasteiger partial charge in [-0.25, -0.2) is 0 Å². The SMILES string of the molecule is CCCCCCCCCCCCCC(=O)O[C@@H]1[C@H](OC(=O)CCCCCCCCCCCCC)[C@H](O)O[C@@H]1COC(=O)CN(C)C. The Balaban J connectivity index is 2.45. The molecule has 1 fully saturated rings. The second kappa shape index (κ2) is 28.3. The molecule has 0 bridgehead atoms. The summed E-state index contributed by atoms with van der Waals surface area (Å²) in [6.45, 7) is 4.33. The molecule has 0 aromatic rings. The summed E-state index contributed by atoms with van der Waals surface area (Å²) >= 11 is 0. The molecule has 0 saturated carbocycles. The zero-order valence-electron chi connectivity index (χ0n) is 29.9. The van der Waals surface area contributed by atoms with Crippen molar-refractivity contribution >= 4 is 17.9 Å². The maximum absolute atomic E-state index is 12.8. The molecule has 0 spiro atoms. The molecule has 0 aromatic carbocycles. The minimum absolute atomic E-state index is 0.0793. The number of likely N-dealkylation sites (N-methyl/N-ethyl adjacent to an activating group) is 1. The molecule has 1 N–H and O–H groups in total. The summed E-state index contributed by atoms with van der Waals surface area (Å²) in [7, 11) is 3.50. The van der Waals surface area contributed by atoms with Crippen LogP contribution in [0.15, 0.2) is 0 Å². The lowest BCUT2D eigenvalue weighted by atomic mass is 10.1. The van der Waals surface area contributed by atoms with E-state index in [0.29, 0.717) is 12.8 Å². The van der Waals surface area contributed by atoms with Gasteiger partial charge in [-0.15, -0.1) is 0 Å². The van der Waals surface area contributed by atoms with Gasteiger partial charge in [0, 0.05) is 12.8 Å². The van der Waals surface area contributed by atoms with Crippen molar-refractivity contribution < 1.29 is 38.4 Å². The van der Waals surface area contributed by atoms with Crippen LogP contribution < -0.4 is 0 Å². The van der Waals surface area contributed by atoms with Crippen LogP contribution in [-0.4, -0.2) is 79.8 Å². The summed E-state index contributed by atoms with van der Waals surface area (Å²) in [6, 6.07) is 0. The van der Waals surface area contributed by atoms with Crippen LogP contribution in [0.4, 0.5) is 0 Å². The summed E-state index contributed by atoms with van der Waals surface area (Å²) in [4.78, 5) is 39.3. The normalized spacial score (nSPS) is 19.4. The Morgan fingerprint density at radius 1 is 0.565 bits per heavy atom. The molecule has 0 radical (unpaired) electrons. The predicted molar refractivity (Wildman–Crippen MR) is 182 cm³/mol. The first-order chi connectivity index (χ1) is 22.3. The summed E-state index contributed by atoms with van der Waals surface area (Å²) in [5, 5.41) is 10.6. The highest BCUT2D eigenvalue weighted by atomic mass is 16.7. The van der Waals surface area contributed by atoms with Crippen molar-refractivity contribution in [3.63, 3.8) is 0 Å². The lowest BCUT2D eigenvalue weighted by Crippen LogP contribution is -2.42. The van der Waals surface area contributed by atoms with Crippen molar-refractivity contribution in [1.29, 1.82) is 0 Å². The Hall–Kier alpha value is -1.71. The van der Waals surface area contributed by atoms with Gasteiger partial charge in [-0.2, -0.15) is 0 Å². The molecule has 46 heavy (non-hydrogen) atoms. The second-order valence-corrected chi connectivity index (χ2v) is 13.5. The van der Waals surface area contributed by atoms with E-state index in [1.807, 2.05) is 0 Å². The summed E-state index contributed by atoms with van der Waals surface area (Å²) in [5.41, 5.74) is 0. The van der Waals surface area contributed by atoms with Gasteiger partial charge in [-0.05, 0) is 26.9 Å². The monoisotopic (exact) mass is 656 g/mol. The molecule has 0 aliphatic carbocycles. The van der Waals surface area contributed by atoms with E-state index in [2.05, 4.69) is 13.8 Å². The molecule has 0 unspecified atom stereocenters. The quantitative estimate of drug-likeness (QED) is 0.0467. The van der Waals surface area contributed by atoms with Gasteiger partial charge in [0.25, 0.3) is 0 Å². The average Bonchev–Trinajstić information content (AvgIpc) is 3.30. The Bertz CT molecular complexity index is 776. The van der Waals surface area contributed by atoms with Crippen molar-refractivity contribution in [3.05, 3.63) is 0 Å². The third-order valence-corrected chi connectivity index (χ3v) is 8.64. The number of unbranched alkanes of at least 4 members (excludes halogenated alkanes) is 20. The van der Waals surface area contributed by atoms with Gasteiger partial charge in [0.05, 0.1) is 6.54 Å². The lowest BCUT2D eigenvalue weighted by molar-refractivity contribution is -0.177. The van der Waals surface area contributed by atoms with Gasteiger partial charge in [0.1, 0.15) is 12.7 Å². The smallest absolute Gasteiger partial charge is 0.320 e. The topological polar surface area (TPSA) is 112 Å². The minimum Gasteiger partial charge on any atom is -0.462 e. The highest BCUT2D eigenvalue weighted by Crippen LogP contribution is 2.27. The molecule has 270 valence electrons. The van der Waals surface area contributed by atoms with E-state index in [0.717, 1.165) is 25.7 Å². The Morgan fingerprint density at radius 2 is 0.935 bits per heavy atom. The molecule has 1 heterocycles. The summed E-state index contributed by atoms with van der Waals surface area (Å²) in [5.74, 6) is -1.36. The first-order valence-electron chi connectivity index (χ1n) is 18.8. The highest BCUT2D eigenvalue weighted by Gasteiger charge is 2.49. The van der Waals surface area contributed by atoms with Gasteiger partial charge in [-0.1, -0.05) is 142 Å². The van der Waals surface area contributed by atoms with Gasteiger partial charge in [0.15, 0.2) is 18.5 Å². The molecule has 9 nitrogen and oxygen atoms in total. The van der Waals surface area contributed by atoms with Crippen LogP contribution >= 0.6 is 0 Å². The number of carbonyl (C=O) groups excluding carboxylic acids is 3. The maximum Gasteiger partial charge on any atom is 0.320 e. The Labute approximate surface area is 280 Å². The lowest BCUT2D eigenvalue weighted by Gasteiger charge is -2.23. The second-order valence-electron chi connectivity index (χ2n) is 13.5. The number of carbonyl (C=O) groups is 3. The van der Waals surface area contributed by atoms with E-state index < -0.39 is 42.5 Å². The van der Waals surface area contributed by atoms with Crippen LogP contribution in [-0.2, 0) is 33.3 Å². The predicted octanol–water partition coefficient (Wildman–Crippen LogP) is 8.03. The fourth-order valence-corrected chi connectivity index (χ4v) is 5.88. The van der Waals surface area contributed by atoms with E-state index in [1.165, 1.54) is 103 Å². The van der Waals surface area contributed by atoms with Crippen LogP contribution in [0.2, 0.25) is 0 Å². The van der Waals surface area contributed by atoms with Gasteiger partial charge in [-0.3, -0.25) is 19.3 Å². The Kier molecular flexibility index (Phi) is 26.0. The van der Waals surface area contributed by atoms with E-state index in [1.54, 1.807) is 19.0 Å².